The summed E-state index contributed by atoms with van der Waals surface area (Å²) in [6, 6.07) is 0.551. The normalized spacial score (nSPS) is 14.3. The monoisotopic (exact) mass is 212 g/mol. The fraction of sp³-hybridized carbons (Fsp3) is 0.846. The number of nitrogens with zero attached hydrogens (tertiary/aromatic N) is 1. The predicted octanol–water partition coefficient (Wildman–Crippen LogP) is 2.66. The van der Waals surface area contributed by atoms with Gasteiger partial charge in [0.2, 0.25) is 0 Å². The SMILES string of the molecule is C=CCN(C(C)CNCCC)C(C)(C)C. The van der Waals surface area contributed by atoms with E-state index in [1.165, 1.54) is 6.42 Å². The van der Waals surface area contributed by atoms with Crippen LogP contribution in [0.25, 0.3) is 0 Å². The molecule has 0 aromatic rings. The van der Waals surface area contributed by atoms with Crippen LogP contribution in [0.5, 0.6) is 0 Å². The molecule has 0 aliphatic heterocycles. The van der Waals surface area contributed by atoms with Crippen LogP contribution in [0.4, 0.5) is 0 Å². The third kappa shape index (κ3) is 5.95. The van der Waals surface area contributed by atoms with Crippen molar-refractivity contribution in [3.8, 4) is 0 Å². The molecule has 0 spiro atoms. The predicted molar refractivity (Wildman–Crippen MR) is 69.3 cm³/mol. The van der Waals surface area contributed by atoms with E-state index in [1.807, 2.05) is 6.08 Å². The molecule has 0 aliphatic carbocycles. The Bertz CT molecular complexity index is 170. The minimum absolute atomic E-state index is 0.210. The Kier molecular flexibility index (Phi) is 6.86. The molecule has 0 aromatic carbocycles. The van der Waals surface area contributed by atoms with Gasteiger partial charge in [-0.1, -0.05) is 13.0 Å². The Balaban J connectivity index is 4.16. The highest BCUT2D eigenvalue weighted by molar-refractivity contribution is 4.87. The third-order valence-electron chi connectivity index (χ3n) is 2.59. The zero-order chi connectivity index (χ0) is 11.9. The van der Waals surface area contributed by atoms with Crippen molar-refractivity contribution in [3.63, 3.8) is 0 Å². The lowest BCUT2D eigenvalue weighted by Gasteiger charge is -2.39. The van der Waals surface area contributed by atoms with E-state index in [0.717, 1.165) is 19.6 Å². The quantitative estimate of drug-likeness (QED) is 0.515. The summed E-state index contributed by atoms with van der Waals surface area (Å²) in [4.78, 5) is 2.47. The van der Waals surface area contributed by atoms with Gasteiger partial charge in [0.05, 0.1) is 0 Å². The molecule has 0 aliphatic rings. The van der Waals surface area contributed by atoms with Gasteiger partial charge in [0.15, 0.2) is 0 Å². The molecule has 1 N–H and O–H groups in total. The fourth-order valence-electron chi connectivity index (χ4n) is 1.85. The van der Waals surface area contributed by atoms with Crippen LogP contribution in [0.3, 0.4) is 0 Å². The van der Waals surface area contributed by atoms with Gasteiger partial charge in [-0.15, -0.1) is 6.58 Å². The summed E-state index contributed by atoms with van der Waals surface area (Å²) in [5, 5.41) is 3.47. The minimum atomic E-state index is 0.210. The van der Waals surface area contributed by atoms with Gasteiger partial charge in [-0.3, -0.25) is 4.90 Å². The van der Waals surface area contributed by atoms with E-state index in [-0.39, 0.29) is 5.54 Å². The van der Waals surface area contributed by atoms with Crippen LogP contribution in [0, 0.1) is 0 Å². The highest BCUT2D eigenvalue weighted by atomic mass is 15.2. The number of nitrogens with one attached hydrogen (secondary N) is 1. The van der Waals surface area contributed by atoms with E-state index >= 15 is 0 Å². The minimum Gasteiger partial charge on any atom is -0.315 e. The van der Waals surface area contributed by atoms with Crippen LogP contribution < -0.4 is 5.32 Å². The van der Waals surface area contributed by atoms with Gasteiger partial charge in [0.25, 0.3) is 0 Å². The molecule has 0 amide bonds. The average Bonchev–Trinajstić information content (AvgIpc) is 2.12. The van der Waals surface area contributed by atoms with Crippen molar-refractivity contribution in [1.29, 1.82) is 0 Å². The Morgan fingerprint density at radius 1 is 1.40 bits per heavy atom. The Morgan fingerprint density at radius 3 is 2.40 bits per heavy atom. The lowest BCUT2D eigenvalue weighted by Crippen LogP contribution is -2.50. The zero-order valence-corrected chi connectivity index (χ0v) is 11.1. The van der Waals surface area contributed by atoms with Gasteiger partial charge < -0.3 is 5.32 Å². The second kappa shape index (κ2) is 7.02. The first-order valence-electron chi connectivity index (χ1n) is 6.01. The third-order valence-corrected chi connectivity index (χ3v) is 2.59. The standard InChI is InChI=1S/C13H28N2/c1-7-9-14-11-12(3)15(10-8-2)13(4,5)6/h8,12,14H,2,7,9-11H2,1,3-6H3. The van der Waals surface area contributed by atoms with Crippen LogP contribution in [0.1, 0.15) is 41.0 Å². The van der Waals surface area contributed by atoms with E-state index in [1.54, 1.807) is 0 Å². The topological polar surface area (TPSA) is 15.3 Å². The number of hydrogen-bond acceptors (Lipinski definition) is 2. The summed E-state index contributed by atoms with van der Waals surface area (Å²) < 4.78 is 0. The molecule has 0 bridgehead atoms. The van der Waals surface area contributed by atoms with Gasteiger partial charge in [0, 0.05) is 24.7 Å². The summed E-state index contributed by atoms with van der Waals surface area (Å²) in [7, 11) is 0. The maximum atomic E-state index is 3.83. The average molecular weight is 212 g/mol. The van der Waals surface area contributed by atoms with Crippen LogP contribution in [0.15, 0.2) is 12.7 Å². The molecule has 0 rings (SSSR count). The molecule has 2 nitrogen and oxygen atoms in total. The van der Waals surface area contributed by atoms with Crippen molar-refractivity contribution in [2.45, 2.75) is 52.6 Å². The molecule has 1 atom stereocenters. The zero-order valence-electron chi connectivity index (χ0n) is 11.1. The lowest BCUT2D eigenvalue weighted by molar-refractivity contribution is 0.105. The maximum absolute atomic E-state index is 3.83. The molecule has 0 heterocycles. The molecule has 15 heavy (non-hydrogen) atoms. The summed E-state index contributed by atoms with van der Waals surface area (Å²) in [5.41, 5.74) is 0.210. The van der Waals surface area contributed by atoms with Crippen molar-refractivity contribution >= 4 is 0 Å². The smallest absolute Gasteiger partial charge is 0.0200 e. The molecule has 90 valence electrons. The van der Waals surface area contributed by atoms with Crippen LogP contribution in [-0.2, 0) is 0 Å². The summed E-state index contributed by atoms with van der Waals surface area (Å²) in [5.74, 6) is 0. The van der Waals surface area contributed by atoms with E-state index in [2.05, 4.69) is 51.4 Å². The van der Waals surface area contributed by atoms with E-state index in [0.29, 0.717) is 6.04 Å². The van der Waals surface area contributed by atoms with Crippen molar-refractivity contribution in [1.82, 2.24) is 10.2 Å². The first kappa shape index (κ1) is 14.7. The summed E-state index contributed by atoms with van der Waals surface area (Å²) >= 11 is 0. The Hall–Kier alpha value is -0.340. The van der Waals surface area contributed by atoms with Gasteiger partial charge in [0.1, 0.15) is 0 Å². The number of rotatable bonds is 7. The van der Waals surface area contributed by atoms with Gasteiger partial charge in [-0.05, 0) is 40.7 Å². The molecule has 0 saturated heterocycles. The van der Waals surface area contributed by atoms with Crippen molar-refractivity contribution in [3.05, 3.63) is 12.7 Å². The van der Waals surface area contributed by atoms with E-state index in [9.17, 15) is 0 Å². The highest BCUT2D eigenvalue weighted by Crippen LogP contribution is 2.16. The second-order valence-electron chi connectivity index (χ2n) is 5.17. The maximum Gasteiger partial charge on any atom is 0.0200 e. The fourth-order valence-corrected chi connectivity index (χ4v) is 1.85. The largest absolute Gasteiger partial charge is 0.315 e. The molecular formula is C13H28N2. The van der Waals surface area contributed by atoms with E-state index in [4.69, 9.17) is 0 Å². The molecule has 2 heteroatoms. The van der Waals surface area contributed by atoms with E-state index < -0.39 is 0 Å². The molecule has 0 aromatic heterocycles. The number of hydrogen-bond donors (Lipinski definition) is 1. The van der Waals surface area contributed by atoms with Crippen LogP contribution >= 0.6 is 0 Å². The molecule has 0 fully saturated rings. The second-order valence-corrected chi connectivity index (χ2v) is 5.17. The Morgan fingerprint density at radius 2 is 2.00 bits per heavy atom. The first-order valence-corrected chi connectivity index (χ1v) is 6.01. The molecular weight excluding hydrogens is 184 g/mol. The summed E-state index contributed by atoms with van der Waals surface area (Å²) in [6.07, 6.45) is 3.19. The highest BCUT2D eigenvalue weighted by Gasteiger charge is 2.24. The first-order chi connectivity index (χ1) is 6.93. The van der Waals surface area contributed by atoms with Crippen molar-refractivity contribution in [2.75, 3.05) is 19.6 Å². The summed E-state index contributed by atoms with van der Waals surface area (Å²) in [6.45, 7) is 18.2. The molecule has 0 radical (unpaired) electrons. The van der Waals surface area contributed by atoms with Crippen molar-refractivity contribution < 1.29 is 0 Å². The van der Waals surface area contributed by atoms with Gasteiger partial charge in [-0.2, -0.15) is 0 Å². The van der Waals surface area contributed by atoms with Crippen LogP contribution in [-0.4, -0.2) is 36.1 Å². The van der Waals surface area contributed by atoms with Crippen molar-refractivity contribution in [2.24, 2.45) is 0 Å². The Labute approximate surface area is 95.7 Å². The molecule has 0 saturated carbocycles. The van der Waals surface area contributed by atoms with Crippen LogP contribution in [0.2, 0.25) is 0 Å². The lowest BCUT2D eigenvalue weighted by atomic mass is 10.0. The molecule has 1 unspecified atom stereocenters. The van der Waals surface area contributed by atoms with Gasteiger partial charge >= 0.3 is 0 Å². The van der Waals surface area contributed by atoms with Gasteiger partial charge in [-0.25, -0.2) is 0 Å².